The molecular formula is C17H27NO. The third-order valence-electron chi connectivity index (χ3n) is 4.36. The molecule has 2 nitrogen and oxygen atoms in total. The van der Waals surface area contributed by atoms with Crippen LogP contribution in [0.2, 0.25) is 0 Å². The number of hydrogen-bond donors (Lipinski definition) is 1. The molecule has 1 N–H and O–H groups in total. The summed E-state index contributed by atoms with van der Waals surface area (Å²) in [6.45, 7) is 8.63. The molecule has 2 atom stereocenters. The smallest absolute Gasteiger partial charge is 0.0917 e. The molecule has 19 heavy (non-hydrogen) atoms. The Labute approximate surface area is 117 Å². The van der Waals surface area contributed by atoms with Crippen molar-refractivity contribution in [2.45, 2.75) is 52.2 Å². The summed E-state index contributed by atoms with van der Waals surface area (Å²) in [6.07, 6.45) is 3.24. The monoisotopic (exact) mass is 261 g/mol. The topological polar surface area (TPSA) is 23.5 Å². The van der Waals surface area contributed by atoms with Crippen molar-refractivity contribution in [3.05, 3.63) is 35.4 Å². The van der Waals surface area contributed by atoms with E-state index >= 15 is 0 Å². The molecule has 1 aliphatic rings. The first-order valence-corrected chi connectivity index (χ1v) is 7.62. The van der Waals surface area contributed by atoms with Crippen LogP contribution >= 0.6 is 0 Å². The lowest BCUT2D eigenvalue weighted by Crippen LogP contribution is -2.36. The third kappa shape index (κ3) is 3.58. The molecule has 0 bridgehead atoms. The van der Waals surface area contributed by atoms with E-state index in [0.717, 1.165) is 25.1 Å². The van der Waals surface area contributed by atoms with Gasteiger partial charge in [-0.3, -0.25) is 4.90 Å². The predicted molar refractivity (Wildman–Crippen MR) is 80.2 cm³/mol. The lowest BCUT2D eigenvalue weighted by Gasteiger charge is -2.29. The van der Waals surface area contributed by atoms with Crippen LogP contribution < -0.4 is 0 Å². The SMILES string of the molecule is CCc1ccc(C(O)CN2CCCC2C(C)C)cc1. The summed E-state index contributed by atoms with van der Waals surface area (Å²) in [5, 5.41) is 10.4. The number of aliphatic hydroxyl groups is 1. The summed E-state index contributed by atoms with van der Waals surface area (Å²) in [5.41, 5.74) is 2.38. The molecule has 1 saturated heterocycles. The van der Waals surface area contributed by atoms with Gasteiger partial charge in [0.1, 0.15) is 0 Å². The van der Waals surface area contributed by atoms with E-state index in [1.54, 1.807) is 0 Å². The van der Waals surface area contributed by atoms with Gasteiger partial charge in [-0.25, -0.2) is 0 Å². The van der Waals surface area contributed by atoms with Crippen LogP contribution in [0.25, 0.3) is 0 Å². The van der Waals surface area contributed by atoms with Crippen LogP contribution in [-0.2, 0) is 6.42 Å². The van der Waals surface area contributed by atoms with E-state index < -0.39 is 0 Å². The van der Waals surface area contributed by atoms with Gasteiger partial charge in [0.15, 0.2) is 0 Å². The van der Waals surface area contributed by atoms with Gasteiger partial charge in [0.25, 0.3) is 0 Å². The minimum Gasteiger partial charge on any atom is -0.387 e. The second-order valence-electron chi connectivity index (χ2n) is 6.06. The van der Waals surface area contributed by atoms with Gasteiger partial charge in [-0.15, -0.1) is 0 Å². The van der Waals surface area contributed by atoms with Gasteiger partial charge in [-0.1, -0.05) is 45.0 Å². The fraction of sp³-hybridized carbons (Fsp3) is 0.647. The van der Waals surface area contributed by atoms with Crippen LogP contribution in [0.5, 0.6) is 0 Å². The van der Waals surface area contributed by atoms with E-state index in [-0.39, 0.29) is 6.10 Å². The molecule has 0 saturated carbocycles. The number of rotatable bonds is 5. The molecule has 0 aromatic heterocycles. The Bertz CT molecular complexity index is 385. The molecule has 0 spiro atoms. The van der Waals surface area contributed by atoms with E-state index in [1.165, 1.54) is 18.4 Å². The zero-order valence-corrected chi connectivity index (χ0v) is 12.5. The molecule has 0 radical (unpaired) electrons. The van der Waals surface area contributed by atoms with Crippen LogP contribution in [0, 0.1) is 5.92 Å². The number of aryl methyl sites for hydroxylation is 1. The molecular weight excluding hydrogens is 234 g/mol. The zero-order chi connectivity index (χ0) is 13.8. The Morgan fingerprint density at radius 2 is 1.95 bits per heavy atom. The van der Waals surface area contributed by atoms with Gasteiger partial charge in [0.05, 0.1) is 6.10 Å². The first-order valence-electron chi connectivity index (χ1n) is 7.62. The second kappa shape index (κ2) is 6.53. The minimum atomic E-state index is -0.356. The quantitative estimate of drug-likeness (QED) is 0.878. The Kier molecular flexibility index (Phi) is 5.00. The van der Waals surface area contributed by atoms with Crippen molar-refractivity contribution < 1.29 is 5.11 Å². The highest BCUT2D eigenvalue weighted by Crippen LogP contribution is 2.26. The van der Waals surface area contributed by atoms with Crippen molar-refractivity contribution >= 4 is 0 Å². The molecule has 1 aromatic carbocycles. The number of aliphatic hydroxyl groups excluding tert-OH is 1. The molecule has 0 amide bonds. The van der Waals surface area contributed by atoms with Gasteiger partial charge >= 0.3 is 0 Å². The maximum atomic E-state index is 10.4. The summed E-state index contributed by atoms with van der Waals surface area (Å²) in [7, 11) is 0. The maximum Gasteiger partial charge on any atom is 0.0917 e. The lowest BCUT2D eigenvalue weighted by atomic mass is 10.0. The fourth-order valence-corrected chi connectivity index (χ4v) is 3.14. The maximum absolute atomic E-state index is 10.4. The van der Waals surface area contributed by atoms with Gasteiger partial charge in [0, 0.05) is 12.6 Å². The van der Waals surface area contributed by atoms with E-state index in [2.05, 4.69) is 49.9 Å². The van der Waals surface area contributed by atoms with E-state index in [0.29, 0.717) is 12.0 Å². The number of nitrogens with zero attached hydrogens (tertiary/aromatic N) is 1. The highest BCUT2D eigenvalue weighted by Gasteiger charge is 2.28. The van der Waals surface area contributed by atoms with E-state index in [1.807, 2.05) is 0 Å². The summed E-state index contributed by atoms with van der Waals surface area (Å²) in [4.78, 5) is 2.46. The van der Waals surface area contributed by atoms with Crippen molar-refractivity contribution in [1.82, 2.24) is 4.90 Å². The van der Waals surface area contributed by atoms with Gasteiger partial charge in [-0.2, -0.15) is 0 Å². The van der Waals surface area contributed by atoms with E-state index in [4.69, 9.17) is 0 Å². The summed E-state index contributed by atoms with van der Waals surface area (Å²) in [5.74, 6) is 0.678. The molecule has 1 heterocycles. The number of β-amino-alcohol motifs (C(OH)–C–C–N with tert-alkyl or cyclic N) is 1. The lowest BCUT2D eigenvalue weighted by molar-refractivity contribution is 0.0939. The molecule has 2 heteroatoms. The van der Waals surface area contributed by atoms with Crippen molar-refractivity contribution in [3.8, 4) is 0 Å². The molecule has 1 aromatic rings. The molecule has 1 fully saturated rings. The molecule has 2 unspecified atom stereocenters. The summed E-state index contributed by atoms with van der Waals surface area (Å²) in [6, 6.07) is 9.04. The average molecular weight is 261 g/mol. The normalized spacial score (nSPS) is 22.1. The van der Waals surface area contributed by atoms with Crippen LogP contribution in [0.1, 0.15) is 50.8 Å². The summed E-state index contributed by atoms with van der Waals surface area (Å²) >= 11 is 0. The van der Waals surface area contributed by atoms with E-state index in [9.17, 15) is 5.11 Å². The zero-order valence-electron chi connectivity index (χ0n) is 12.5. The fourth-order valence-electron chi connectivity index (χ4n) is 3.14. The van der Waals surface area contributed by atoms with Gasteiger partial charge in [-0.05, 0) is 42.9 Å². The molecule has 2 rings (SSSR count). The van der Waals surface area contributed by atoms with Crippen LogP contribution in [0.4, 0.5) is 0 Å². The predicted octanol–water partition coefficient (Wildman–Crippen LogP) is 3.40. The van der Waals surface area contributed by atoms with Gasteiger partial charge < -0.3 is 5.11 Å². The first kappa shape index (κ1) is 14.5. The molecule has 0 aliphatic carbocycles. The highest BCUT2D eigenvalue weighted by atomic mass is 16.3. The standard InChI is InChI=1S/C17H27NO/c1-4-14-7-9-15(10-8-14)17(19)12-18-11-5-6-16(18)13(2)3/h7-10,13,16-17,19H,4-6,11-12H2,1-3H3. The number of hydrogen-bond acceptors (Lipinski definition) is 2. The van der Waals surface area contributed by atoms with Crippen molar-refractivity contribution in [2.75, 3.05) is 13.1 Å². The Morgan fingerprint density at radius 1 is 1.26 bits per heavy atom. The van der Waals surface area contributed by atoms with Crippen molar-refractivity contribution in [1.29, 1.82) is 0 Å². The van der Waals surface area contributed by atoms with Crippen LogP contribution in [0.15, 0.2) is 24.3 Å². The first-order chi connectivity index (χ1) is 9.11. The Hall–Kier alpha value is -0.860. The minimum absolute atomic E-state index is 0.356. The largest absolute Gasteiger partial charge is 0.387 e. The molecule has 106 valence electrons. The number of likely N-dealkylation sites (tertiary alicyclic amines) is 1. The number of benzene rings is 1. The second-order valence-corrected chi connectivity index (χ2v) is 6.06. The van der Waals surface area contributed by atoms with Crippen molar-refractivity contribution in [2.24, 2.45) is 5.92 Å². The van der Waals surface area contributed by atoms with Gasteiger partial charge in [0.2, 0.25) is 0 Å². The van der Waals surface area contributed by atoms with Crippen LogP contribution in [0.3, 0.4) is 0 Å². The van der Waals surface area contributed by atoms with Crippen molar-refractivity contribution in [3.63, 3.8) is 0 Å². The Balaban J connectivity index is 1.97. The van der Waals surface area contributed by atoms with Crippen LogP contribution in [-0.4, -0.2) is 29.1 Å². The summed E-state index contributed by atoms with van der Waals surface area (Å²) < 4.78 is 0. The average Bonchev–Trinajstić information content (AvgIpc) is 2.87. The Morgan fingerprint density at radius 3 is 2.53 bits per heavy atom. The highest BCUT2D eigenvalue weighted by molar-refractivity contribution is 5.24. The molecule has 1 aliphatic heterocycles. The third-order valence-corrected chi connectivity index (χ3v) is 4.36.